The van der Waals surface area contributed by atoms with Crippen LogP contribution in [-0.4, -0.2) is 63.3 Å². The topological polar surface area (TPSA) is 94.6 Å². The molecule has 36 heavy (non-hydrogen) atoms. The first kappa shape index (κ1) is 22.3. The van der Waals surface area contributed by atoms with Crippen LogP contribution < -0.4 is 15.0 Å². The van der Waals surface area contributed by atoms with Gasteiger partial charge in [-0.3, -0.25) is 4.90 Å². The Morgan fingerprint density at radius 2 is 1.97 bits per heavy atom. The van der Waals surface area contributed by atoms with Crippen LogP contribution in [0.1, 0.15) is 24.5 Å². The molecule has 4 aromatic rings. The van der Waals surface area contributed by atoms with Gasteiger partial charge in [-0.2, -0.15) is 10.4 Å². The molecule has 182 valence electrons. The monoisotopic (exact) mass is 480 g/mol. The fraction of sp³-hybridized carbons (Fsp3) is 0.333. The summed E-state index contributed by atoms with van der Waals surface area (Å²) >= 11 is 0. The van der Waals surface area contributed by atoms with Crippen molar-refractivity contribution >= 4 is 17.0 Å². The first-order valence-electron chi connectivity index (χ1n) is 12.3. The Kier molecular flexibility index (Phi) is 5.66. The average molecular weight is 481 g/mol. The zero-order chi connectivity index (χ0) is 24.6. The lowest BCUT2D eigenvalue weighted by molar-refractivity contribution is -0.00876. The van der Waals surface area contributed by atoms with E-state index in [2.05, 4.69) is 62.5 Å². The highest BCUT2D eigenvalue weighted by Gasteiger charge is 2.44. The number of pyridine rings is 3. The third-order valence-electron chi connectivity index (χ3n) is 7.21. The number of anilines is 2. The highest BCUT2D eigenvalue weighted by molar-refractivity contribution is 5.86. The number of nitrogens with zero attached hydrogens (tertiary/aromatic N) is 7. The predicted octanol–water partition coefficient (Wildman–Crippen LogP) is 3.57. The minimum Gasteiger partial charge on any atom is -0.481 e. The number of nitriles is 1. The molecule has 0 saturated carbocycles. The maximum Gasteiger partial charge on any atom is 0.212 e. The second-order valence-electron chi connectivity index (χ2n) is 9.37. The van der Waals surface area contributed by atoms with Crippen molar-refractivity contribution in [2.75, 3.05) is 37.0 Å². The van der Waals surface area contributed by atoms with Crippen LogP contribution in [0, 0.1) is 11.3 Å². The van der Waals surface area contributed by atoms with E-state index in [1.807, 2.05) is 24.7 Å². The quantitative estimate of drug-likeness (QED) is 0.429. The molecule has 4 aromatic heterocycles. The SMILES string of the molecule is CCNc1cc(-c2ccc(N3CC4CC(C3)N4Cc3ccc(OC)nc3)nc2)c2c(C#N)cnn2c1. The van der Waals surface area contributed by atoms with Crippen molar-refractivity contribution in [1.82, 2.24) is 24.5 Å². The number of ether oxygens (including phenoxy) is 1. The summed E-state index contributed by atoms with van der Waals surface area (Å²) in [6, 6.07) is 13.6. The van der Waals surface area contributed by atoms with Crippen LogP contribution >= 0.6 is 0 Å². The number of hydrogen-bond donors (Lipinski definition) is 1. The van der Waals surface area contributed by atoms with Crippen molar-refractivity contribution < 1.29 is 4.74 Å². The molecule has 2 atom stereocenters. The fourth-order valence-electron chi connectivity index (χ4n) is 5.43. The molecule has 1 N–H and O–H groups in total. The Morgan fingerprint density at radius 3 is 2.64 bits per heavy atom. The molecule has 3 fully saturated rings. The predicted molar refractivity (Wildman–Crippen MR) is 138 cm³/mol. The summed E-state index contributed by atoms with van der Waals surface area (Å²) in [7, 11) is 1.64. The molecule has 7 heterocycles. The van der Waals surface area contributed by atoms with Crippen LogP contribution in [0.3, 0.4) is 0 Å². The molecule has 0 aliphatic carbocycles. The summed E-state index contributed by atoms with van der Waals surface area (Å²) < 4.78 is 6.94. The normalized spacial score (nSPS) is 19.1. The summed E-state index contributed by atoms with van der Waals surface area (Å²) in [6.45, 7) is 5.71. The number of piperazine rings is 1. The van der Waals surface area contributed by atoms with Gasteiger partial charge in [0.15, 0.2) is 0 Å². The maximum atomic E-state index is 9.60. The second-order valence-corrected chi connectivity index (χ2v) is 9.37. The standard InChI is InChI=1S/C27H28N8O/c1-3-29-21-8-24(27-20(10-28)13-32-35(27)15-21)19-5-6-25(30-12-19)33-16-22-9-23(17-33)34(22)14-18-4-7-26(36-2)31-11-18/h4-8,11-13,15,22-23,29H,3,9,14,16-17H2,1-2H3. The summed E-state index contributed by atoms with van der Waals surface area (Å²) in [6.07, 6.45) is 8.58. The minimum absolute atomic E-state index is 0.522. The maximum absolute atomic E-state index is 9.60. The molecule has 3 saturated heterocycles. The van der Waals surface area contributed by atoms with Crippen LogP contribution in [0.15, 0.2) is 55.1 Å². The highest BCUT2D eigenvalue weighted by Crippen LogP contribution is 2.36. The molecule has 7 rings (SSSR count). The van der Waals surface area contributed by atoms with E-state index in [-0.39, 0.29) is 0 Å². The zero-order valence-electron chi connectivity index (χ0n) is 20.4. The summed E-state index contributed by atoms with van der Waals surface area (Å²) in [5, 5.41) is 17.3. The van der Waals surface area contributed by atoms with Gasteiger partial charge in [0.1, 0.15) is 11.9 Å². The molecular formula is C27H28N8O. The zero-order valence-corrected chi connectivity index (χ0v) is 20.4. The lowest BCUT2D eigenvalue weighted by Gasteiger charge is -2.56. The molecule has 0 amide bonds. The number of piperidine rings is 1. The summed E-state index contributed by atoms with van der Waals surface area (Å²) in [5.41, 5.74) is 5.44. The van der Waals surface area contributed by atoms with Crippen LogP contribution in [0.2, 0.25) is 0 Å². The van der Waals surface area contributed by atoms with Crippen LogP contribution in [0.25, 0.3) is 16.6 Å². The van der Waals surface area contributed by atoms with Crippen molar-refractivity contribution in [3.8, 4) is 23.1 Å². The van der Waals surface area contributed by atoms with Gasteiger partial charge in [0, 0.05) is 67.8 Å². The molecular weight excluding hydrogens is 452 g/mol. The Morgan fingerprint density at radius 1 is 1.11 bits per heavy atom. The first-order valence-corrected chi connectivity index (χ1v) is 12.3. The van der Waals surface area contributed by atoms with E-state index in [1.165, 1.54) is 12.0 Å². The van der Waals surface area contributed by atoms with Gasteiger partial charge < -0.3 is 15.0 Å². The van der Waals surface area contributed by atoms with Gasteiger partial charge in [-0.05, 0) is 37.1 Å². The minimum atomic E-state index is 0.522. The average Bonchev–Trinajstić information content (AvgIpc) is 3.35. The van der Waals surface area contributed by atoms with Gasteiger partial charge in [0.05, 0.1) is 36.3 Å². The number of methoxy groups -OCH3 is 1. The van der Waals surface area contributed by atoms with Gasteiger partial charge in [0.2, 0.25) is 5.88 Å². The molecule has 9 nitrogen and oxygen atoms in total. The summed E-state index contributed by atoms with van der Waals surface area (Å²) in [4.78, 5) is 14.1. The van der Waals surface area contributed by atoms with Crippen molar-refractivity contribution in [2.45, 2.75) is 32.0 Å². The molecule has 3 aliphatic rings. The highest BCUT2D eigenvalue weighted by atomic mass is 16.5. The third kappa shape index (κ3) is 3.89. The van der Waals surface area contributed by atoms with Crippen LogP contribution in [0.4, 0.5) is 11.5 Å². The molecule has 0 spiro atoms. The number of fused-ring (bicyclic) bond motifs is 3. The summed E-state index contributed by atoms with van der Waals surface area (Å²) in [5.74, 6) is 1.64. The Bertz CT molecular complexity index is 1410. The van der Waals surface area contributed by atoms with E-state index in [0.717, 1.165) is 54.3 Å². The van der Waals surface area contributed by atoms with E-state index in [9.17, 15) is 5.26 Å². The molecule has 9 heteroatoms. The van der Waals surface area contributed by atoms with Crippen molar-refractivity contribution in [3.63, 3.8) is 0 Å². The first-order chi connectivity index (χ1) is 17.7. The van der Waals surface area contributed by atoms with Gasteiger partial charge in [-0.1, -0.05) is 6.07 Å². The van der Waals surface area contributed by atoms with Crippen molar-refractivity contribution in [3.05, 3.63) is 66.2 Å². The molecule has 0 radical (unpaired) electrons. The van der Waals surface area contributed by atoms with Crippen LogP contribution in [0.5, 0.6) is 5.88 Å². The van der Waals surface area contributed by atoms with E-state index in [1.54, 1.807) is 17.8 Å². The van der Waals surface area contributed by atoms with Crippen molar-refractivity contribution in [2.24, 2.45) is 0 Å². The molecule has 3 aliphatic heterocycles. The van der Waals surface area contributed by atoms with Gasteiger partial charge >= 0.3 is 0 Å². The number of rotatable bonds is 7. The lowest BCUT2D eigenvalue weighted by atomic mass is 9.87. The Labute approximate surface area is 210 Å². The third-order valence-corrected chi connectivity index (χ3v) is 7.21. The molecule has 0 aromatic carbocycles. The fourth-order valence-corrected chi connectivity index (χ4v) is 5.43. The van der Waals surface area contributed by atoms with Gasteiger partial charge in [-0.15, -0.1) is 0 Å². The lowest BCUT2D eigenvalue weighted by Crippen LogP contribution is -2.68. The molecule has 2 bridgehead atoms. The number of nitrogens with one attached hydrogen (secondary N) is 1. The molecule has 2 unspecified atom stereocenters. The van der Waals surface area contributed by atoms with Crippen molar-refractivity contribution in [1.29, 1.82) is 5.26 Å². The Balaban J connectivity index is 1.19. The van der Waals surface area contributed by atoms with Gasteiger partial charge in [-0.25, -0.2) is 14.5 Å². The number of aromatic nitrogens is 4. The van der Waals surface area contributed by atoms with E-state index in [4.69, 9.17) is 9.72 Å². The smallest absolute Gasteiger partial charge is 0.212 e. The second kappa shape index (κ2) is 9.13. The largest absolute Gasteiger partial charge is 0.481 e. The number of hydrogen-bond acceptors (Lipinski definition) is 8. The van der Waals surface area contributed by atoms with E-state index < -0.39 is 0 Å². The van der Waals surface area contributed by atoms with Crippen LogP contribution in [-0.2, 0) is 6.54 Å². The van der Waals surface area contributed by atoms with E-state index >= 15 is 0 Å². The van der Waals surface area contributed by atoms with Gasteiger partial charge in [0.25, 0.3) is 0 Å². The Hall–Kier alpha value is -4.16. The van der Waals surface area contributed by atoms with E-state index in [0.29, 0.717) is 23.5 Å².